The number of ether oxygens (including phenoxy) is 1. The first-order valence-corrected chi connectivity index (χ1v) is 5.86. The van der Waals surface area contributed by atoms with Gasteiger partial charge in [0.05, 0.1) is 6.61 Å². The number of hydrogen-bond acceptors (Lipinski definition) is 2. The number of carbonyl (C=O) groups is 1. The van der Waals surface area contributed by atoms with Crippen LogP contribution in [0.4, 0.5) is 4.39 Å². The van der Waals surface area contributed by atoms with E-state index in [2.05, 4.69) is 0 Å². The first-order chi connectivity index (χ1) is 9.16. The minimum Gasteiger partial charge on any atom is -0.492 e. The standard InChI is InChI=1S/C15H13FO3/c16-12-6-7-13(15(17)18)14(10-12)19-9-8-11-4-2-1-3-5-11/h1-7,10H,8-9H2,(H,17,18). The van der Waals surface area contributed by atoms with Crippen LogP contribution in [0.3, 0.4) is 0 Å². The van der Waals surface area contributed by atoms with Gasteiger partial charge in [-0.1, -0.05) is 30.3 Å². The fraction of sp³-hybridized carbons (Fsp3) is 0.133. The summed E-state index contributed by atoms with van der Waals surface area (Å²) in [5.41, 5.74) is 1.05. The lowest BCUT2D eigenvalue weighted by molar-refractivity contribution is 0.0692. The number of benzene rings is 2. The van der Waals surface area contributed by atoms with Crippen molar-refractivity contribution < 1.29 is 19.0 Å². The third kappa shape index (κ3) is 3.55. The summed E-state index contributed by atoms with van der Waals surface area (Å²) in [6.45, 7) is 0.299. The normalized spacial score (nSPS) is 10.2. The molecule has 19 heavy (non-hydrogen) atoms. The molecule has 0 aromatic heterocycles. The number of halogens is 1. The van der Waals surface area contributed by atoms with Crippen LogP contribution in [0.2, 0.25) is 0 Å². The molecule has 0 bridgehead atoms. The van der Waals surface area contributed by atoms with Gasteiger partial charge in [0.25, 0.3) is 0 Å². The molecule has 0 saturated heterocycles. The monoisotopic (exact) mass is 260 g/mol. The maximum absolute atomic E-state index is 13.1. The first-order valence-electron chi connectivity index (χ1n) is 5.86. The van der Waals surface area contributed by atoms with Gasteiger partial charge >= 0.3 is 5.97 Å². The van der Waals surface area contributed by atoms with E-state index in [0.717, 1.165) is 17.7 Å². The molecule has 0 aliphatic carbocycles. The predicted molar refractivity (Wildman–Crippen MR) is 69.0 cm³/mol. The second-order valence-electron chi connectivity index (χ2n) is 4.03. The third-order valence-electron chi connectivity index (χ3n) is 2.67. The van der Waals surface area contributed by atoms with Gasteiger partial charge in [-0.2, -0.15) is 0 Å². The Hall–Kier alpha value is -2.36. The average molecular weight is 260 g/mol. The molecule has 2 aromatic rings. The Labute approximate surface area is 110 Å². The van der Waals surface area contributed by atoms with Crippen LogP contribution in [-0.4, -0.2) is 17.7 Å². The van der Waals surface area contributed by atoms with Gasteiger partial charge in [-0.15, -0.1) is 0 Å². The van der Waals surface area contributed by atoms with Crippen LogP contribution in [-0.2, 0) is 6.42 Å². The van der Waals surface area contributed by atoms with E-state index < -0.39 is 11.8 Å². The molecule has 0 heterocycles. The van der Waals surface area contributed by atoms with Crippen molar-refractivity contribution in [1.82, 2.24) is 0 Å². The van der Waals surface area contributed by atoms with Crippen molar-refractivity contribution in [3.05, 3.63) is 65.5 Å². The SMILES string of the molecule is O=C(O)c1ccc(F)cc1OCCc1ccccc1. The summed E-state index contributed by atoms with van der Waals surface area (Å²) in [7, 11) is 0. The zero-order chi connectivity index (χ0) is 13.7. The topological polar surface area (TPSA) is 46.5 Å². The number of carboxylic acid groups (broad SMARTS) is 1. The number of hydrogen-bond donors (Lipinski definition) is 1. The highest BCUT2D eigenvalue weighted by atomic mass is 19.1. The van der Waals surface area contributed by atoms with Crippen LogP contribution in [0.5, 0.6) is 5.75 Å². The van der Waals surface area contributed by atoms with E-state index in [0.29, 0.717) is 13.0 Å². The summed E-state index contributed by atoms with van der Waals surface area (Å²) in [6, 6.07) is 13.1. The van der Waals surface area contributed by atoms with Crippen LogP contribution in [0.15, 0.2) is 48.5 Å². The second-order valence-corrected chi connectivity index (χ2v) is 4.03. The molecule has 4 heteroatoms. The first kappa shape index (κ1) is 13.1. The van der Waals surface area contributed by atoms with E-state index in [-0.39, 0.29) is 11.3 Å². The molecule has 2 rings (SSSR count). The van der Waals surface area contributed by atoms with Gasteiger partial charge in [-0.3, -0.25) is 0 Å². The zero-order valence-electron chi connectivity index (χ0n) is 10.2. The van der Waals surface area contributed by atoms with Crippen molar-refractivity contribution in [1.29, 1.82) is 0 Å². The van der Waals surface area contributed by atoms with Crippen molar-refractivity contribution in [3.8, 4) is 5.75 Å². The predicted octanol–water partition coefficient (Wildman–Crippen LogP) is 3.15. The van der Waals surface area contributed by atoms with Gasteiger partial charge in [0.1, 0.15) is 17.1 Å². The third-order valence-corrected chi connectivity index (χ3v) is 2.67. The molecule has 0 saturated carbocycles. The van der Waals surface area contributed by atoms with Crippen molar-refractivity contribution in [2.45, 2.75) is 6.42 Å². The molecule has 1 N–H and O–H groups in total. The lowest BCUT2D eigenvalue weighted by Gasteiger charge is -2.09. The second kappa shape index (κ2) is 6.00. The van der Waals surface area contributed by atoms with Crippen LogP contribution in [0, 0.1) is 5.82 Å². The highest BCUT2D eigenvalue weighted by Gasteiger charge is 2.12. The van der Waals surface area contributed by atoms with Gasteiger partial charge < -0.3 is 9.84 Å². The Morgan fingerprint density at radius 3 is 2.58 bits per heavy atom. The fourth-order valence-electron chi connectivity index (χ4n) is 1.72. The summed E-state index contributed by atoms with van der Waals surface area (Å²) in [6.07, 6.45) is 0.635. The van der Waals surface area contributed by atoms with Gasteiger partial charge in [0.2, 0.25) is 0 Å². The molecule has 0 atom stereocenters. The smallest absolute Gasteiger partial charge is 0.339 e. The van der Waals surface area contributed by atoms with Gasteiger partial charge in [-0.25, -0.2) is 9.18 Å². The average Bonchev–Trinajstić information content (AvgIpc) is 2.39. The molecular formula is C15H13FO3. The molecule has 98 valence electrons. The van der Waals surface area contributed by atoms with Gasteiger partial charge in [-0.05, 0) is 17.7 Å². The van der Waals surface area contributed by atoms with E-state index in [1.54, 1.807) is 0 Å². The summed E-state index contributed by atoms with van der Waals surface area (Å²) >= 11 is 0. The molecule has 0 spiro atoms. The van der Waals surface area contributed by atoms with Gasteiger partial charge in [0, 0.05) is 12.5 Å². The molecule has 0 amide bonds. The Morgan fingerprint density at radius 1 is 1.16 bits per heavy atom. The van der Waals surface area contributed by atoms with Crippen LogP contribution in [0.1, 0.15) is 15.9 Å². The van der Waals surface area contributed by atoms with Gasteiger partial charge in [0.15, 0.2) is 0 Å². The molecule has 2 aromatic carbocycles. The summed E-state index contributed by atoms with van der Waals surface area (Å²) < 4.78 is 18.5. The summed E-state index contributed by atoms with van der Waals surface area (Å²) in [5.74, 6) is -1.59. The van der Waals surface area contributed by atoms with E-state index >= 15 is 0 Å². The quantitative estimate of drug-likeness (QED) is 0.898. The van der Waals surface area contributed by atoms with E-state index in [4.69, 9.17) is 9.84 Å². The minimum atomic E-state index is -1.13. The Kier molecular flexibility index (Phi) is 4.13. The fourth-order valence-corrected chi connectivity index (χ4v) is 1.72. The zero-order valence-corrected chi connectivity index (χ0v) is 10.2. The maximum atomic E-state index is 13.1. The minimum absolute atomic E-state index is 0.0329. The molecule has 0 unspecified atom stereocenters. The van der Waals surface area contributed by atoms with Crippen LogP contribution < -0.4 is 4.74 Å². The van der Waals surface area contributed by atoms with Crippen molar-refractivity contribution in [2.75, 3.05) is 6.61 Å². The maximum Gasteiger partial charge on any atom is 0.339 e. The number of aromatic carboxylic acids is 1. The van der Waals surface area contributed by atoms with Crippen LogP contribution >= 0.6 is 0 Å². The molecule has 3 nitrogen and oxygen atoms in total. The number of rotatable bonds is 5. The highest BCUT2D eigenvalue weighted by molar-refractivity contribution is 5.90. The van der Waals surface area contributed by atoms with E-state index in [9.17, 15) is 9.18 Å². The van der Waals surface area contributed by atoms with Crippen molar-refractivity contribution in [3.63, 3.8) is 0 Å². The van der Waals surface area contributed by atoms with Crippen molar-refractivity contribution >= 4 is 5.97 Å². The summed E-state index contributed by atoms with van der Waals surface area (Å²) in [5, 5.41) is 8.97. The van der Waals surface area contributed by atoms with Crippen LogP contribution in [0.25, 0.3) is 0 Å². The molecule has 0 aliphatic rings. The molecule has 0 radical (unpaired) electrons. The lowest BCUT2D eigenvalue weighted by atomic mass is 10.1. The molecular weight excluding hydrogens is 247 g/mol. The highest BCUT2D eigenvalue weighted by Crippen LogP contribution is 2.20. The summed E-state index contributed by atoms with van der Waals surface area (Å²) in [4.78, 5) is 11.0. The Balaban J connectivity index is 2.03. The molecule has 0 aliphatic heterocycles. The lowest BCUT2D eigenvalue weighted by Crippen LogP contribution is -2.06. The van der Waals surface area contributed by atoms with Crippen molar-refractivity contribution in [2.24, 2.45) is 0 Å². The van der Waals surface area contributed by atoms with E-state index in [1.807, 2.05) is 30.3 Å². The largest absolute Gasteiger partial charge is 0.492 e. The number of carboxylic acids is 1. The Bertz CT molecular complexity index is 567. The Morgan fingerprint density at radius 2 is 1.89 bits per heavy atom. The van der Waals surface area contributed by atoms with E-state index in [1.165, 1.54) is 6.07 Å². The molecule has 0 fully saturated rings.